The molecule has 6 nitrogen and oxygen atoms in total. The molecule has 1 saturated carbocycles. The zero-order valence-electron chi connectivity index (χ0n) is 15.5. The van der Waals surface area contributed by atoms with Gasteiger partial charge in [-0.1, -0.05) is 23.9 Å². The maximum absolute atomic E-state index is 13.0. The number of rotatable bonds is 7. The maximum atomic E-state index is 13.0. The van der Waals surface area contributed by atoms with Gasteiger partial charge < -0.3 is 9.80 Å². The highest BCUT2D eigenvalue weighted by molar-refractivity contribution is 7.99. The van der Waals surface area contributed by atoms with Gasteiger partial charge in [0.1, 0.15) is 5.82 Å². The number of anilines is 1. The molecule has 2 aliphatic rings. The van der Waals surface area contributed by atoms with Crippen molar-refractivity contribution in [1.29, 1.82) is 0 Å². The van der Waals surface area contributed by atoms with Crippen molar-refractivity contribution in [2.75, 3.05) is 30.8 Å². The van der Waals surface area contributed by atoms with E-state index < -0.39 is 0 Å². The molecule has 2 fully saturated rings. The van der Waals surface area contributed by atoms with Crippen LogP contribution in [0.3, 0.4) is 0 Å². The molecule has 144 valence electrons. The van der Waals surface area contributed by atoms with Crippen LogP contribution >= 0.6 is 11.8 Å². The van der Waals surface area contributed by atoms with Crippen molar-refractivity contribution >= 4 is 23.6 Å². The third-order valence-electron chi connectivity index (χ3n) is 5.03. The number of benzene rings is 1. The van der Waals surface area contributed by atoms with Crippen molar-refractivity contribution in [3.05, 3.63) is 35.6 Å². The van der Waals surface area contributed by atoms with Gasteiger partial charge in [-0.05, 0) is 43.4 Å². The Balaban J connectivity index is 1.38. The molecule has 0 radical (unpaired) electrons. The molecule has 27 heavy (non-hydrogen) atoms. The van der Waals surface area contributed by atoms with Gasteiger partial charge in [-0.2, -0.15) is 0 Å². The second-order valence-electron chi connectivity index (χ2n) is 7.24. The molecular weight excluding hydrogens is 365 g/mol. The summed E-state index contributed by atoms with van der Waals surface area (Å²) in [7, 11) is 1.77. The zero-order chi connectivity index (χ0) is 18.8. The molecular formula is C19H24FN5OS. The van der Waals surface area contributed by atoms with Crippen LogP contribution < -0.4 is 4.90 Å². The van der Waals surface area contributed by atoms with Gasteiger partial charge in [-0.15, -0.1) is 10.2 Å². The van der Waals surface area contributed by atoms with Gasteiger partial charge in [0, 0.05) is 32.7 Å². The van der Waals surface area contributed by atoms with Crippen LogP contribution in [-0.4, -0.2) is 51.5 Å². The summed E-state index contributed by atoms with van der Waals surface area (Å²) in [4.78, 5) is 16.5. The smallest absolute Gasteiger partial charge is 0.233 e. The van der Waals surface area contributed by atoms with E-state index in [0.717, 1.165) is 42.6 Å². The molecule has 8 heteroatoms. The van der Waals surface area contributed by atoms with Crippen LogP contribution in [0.2, 0.25) is 0 Å². The monoisotopic (exact) mass is 389 g/mol. The number of hydrogen-bond acceptors (Lipinski definition) is 5. The average Bonchev–Trinajstić information content (AvgIpc) is 3.19. The van der Waals surface area contributed by atoms with Gasteiger partial charge in [-0.25, -0.2) is 4.39 Å². The van der Waals surface area contributed by atoms with E-state index in [-0.39, 0.29) is 11.7 Å². The van der Waals surface area contributed by atoms with E-state index in [2.05, 4.69) is 19.7 Å². The first kappa shape index (κ1) is 18.3. The van der Waals surface area contributed by atoms with E-state index in [1.54, 1.807) is 24.1 Å². The Morgan fingerprint density at radius 3 is 2.59 bits per heavy atom. The van der Waals surface area contributed by atoms with Crippen LogP contribution in [0, 0.1) is 5.82 Å². The summed E-state index contributed by atoms with van der Waals surface area (Å²) in [6, 6.07) is 6.72. The number of halogens is 1. The van der Waals surface area contributed by atoms with Crippen LogP contribution in [0.5, 0.6) is 0 Å². The van der Waals surface area contributed by atoms with E-state index in [9.17, 15) is 9.18 Å². The van der Waals surface area contributed by atoms with Crippen LogP contribution in [-0.2, 0) is 11.3 Å². The number of thioether (sulfide) groups is 1. The number of hydrogen-bond donors (Lipinski definition) is 0. The lowest BCUT2D eigenvalue weighted by Crippen LogP contribution is -2.28. The van der Waals surface area contributed by atoms with Gasteiger partial charge in [0.2, 0.25) is 11.9 Å². The standard InChI is InChI=1S/C19H24FN5OS/c1-23(12-14-4-6-15(20)7-5-14)17(26)13-27-19-22-21-18(24-10-2-3-11-24)25(19)16-8-9-16/h4-7,16H,2-3,8-13H2,1H3. The first-order valence-corrected chi connectivity index (χ1v) is 10.4. The summed E-state index contributed by atoms with van der Waals surface area (Å²) < 4.78 is 15.2. The van der Waals surface area contributed by atoms with Crippen molar-refractivity contribution < 1.29 is 9.18 Å². The molecule has 0 unspecified atom stereocenters. The zero-order valence-corrected chi connectivity index (χ0v) is 16.3. The van der Waals surface area contributed by atoms with Crippen LogP contribution in [0.4, 0.5) is 10.3 Å². The SMILES string of the molecule is CN(Cc1ccc(F)cc1)C(=O)CSc1nnc(N2CCCC2)n1C1CC1. The second kappa shape index (κ2) is 7.88. The minimum absolute atomic E-state index is 0.0254. The number of aromatic nitrogens is 3. The van der Waals surface area contributed by atoms with Gasteiger partial charge in [0.25, 0.3) is 0 Å². The number of carbonyl (C=O) groups excluding carboxylic acids is 1. The molecule has 0 bridgehead atoms. The molecule has 0 spiro atoms. The lowest BCUT2D eigenvalue weighted by Gasteiger charge is -2.19. The highest BCUT2D eigenvalue weighted by Gasteiger charge is 2.32. The highest BCUT2D eigenvalue weighted by atomic mass is 32.2. The first-order chi connectivity index (χ1) is 13.1. The van der Waals surface area contributed by atoms with Crippen molar-refractivity contribution in [1.82, 2.24) is 19.7 Å². The Kier molecular flexibility index (Phi) is 5.33. The first-order valence-electron chi connectivity index (χ1n) is 9.43. The fourth-order valence-electron chi connectivity index (χ4n) is 3.34. The summed E-state index contributed by atoms with van der Waals surface area (Å²) in [5, 5.41) is 9.62. The molecule has 4 rings (SSSR count). The Hall–Kier alpha value is -2.09. The summed E-state index contributed by atoms with van der Waals surface area (Å²) in [5.74, 6) is 1.04. The van der Waals surface area contributed by atoms with E-state index in [1.165, 1.54) is 36.7 Å². The largest absolute Gasteiger partial charge is 0.341 e. The van der Waals surface area contributed by atoms with Gasteiger partial charge in [-0.3, -0.25) is 9.36 Å². The third-order valence-corrected chi connectivity index (χ3v) is 5.96. The molecule has 1 aliphatic carbocycles. The molecule has 1 aromatic heterocycles. The molecule has 1 aliphatic heterocycles. The molecule has 1 saturated heterocycles. The Bertz CT molecular complexity index is 799. The third kappa shape index (κ3) is 4.26. The molecule has 2 aromatic rings. The van der Waals surface area contributed by atoms with E-state index in [1.807, 2.05) is 0 Å². The predicted molar refractivity (Wildman–Crippen MR) is 103 cm³/mol. The molecule has 0 N–H and O–H groups in total. The average molecular weight is 390 g/mol. The lowest BCUT2D eigenvalue weighted by atomic mass is 10.2. The lowest BCUT2D eigenvalue weighted by molar-refractivity contribution is -0.127. The summed E-state index contributed by atoms with van der Waals surface area (Å²) in [5.41, 5.74) is 0.912. The number of carbonyl (C=O) groups is 1. The summed E-state index contributed by atoms with van der Waals surface area (Å²) in [6.45, 7) is 2.54. The fraction of sp³-hybridized carbons (Fsp3) is 0.526. The quantitative estimate of drug-likeness (QED) is 0.681. The van der Waals surface area contributed by atoms with Crippen molar-refractivity contribution in [3.63, 3.8) is 0 Å². The number of amides is 1. The molecule has 0 atom stereocenters. The summed E-state index contributed by atoms with van der Waals surface area (Å²) >= 11 is 1.46. The van der Waals surface area contributed by atoms with Gasteiger partial charge in [0.15, 0.2) is 5.16 Å². The van der Waals surface area contributed by atoms with E-state index in [0.29, 0.717) is 18.3 Å². The molecule has 2 heterocycles. The fourth-order valence-corrected chi connectivity index (χ4v) is 4.28. The minimum atomic E-state index is -0.267. The second-order valence-corrected chi connectivity index (χ2v) is 8.19. The van der Waals surface area contributed by atoms with E-state index in [4.69, 9.17) is 0 Å². The van der Waals surface area contributed by atoms with Gasteiger partial charge >= 0.3 is 0 Å². The highest BCUT2D eigenvalue weighted by Crippen LogP contribution is 2.41. The van der Waals surface area contributed by atoms with Crippen molar-refractivity contribution in [2.45, 2.75) is 43.4 Å². The summed E-state index contributed by atoms with van der Waals surface area (Å²) in [6.07, 6.45) is 4.72. The predicted octanol–water partition coefficient (Wildman–Crippen LogP) is 3.10. The normalized spacial score (nSPS) is 16.7. The Labute approximate surface area is 162 Å². The van der Waals surface area contributed by atoms with Crippen LogP contribution in [0.25, 0.3) is 0 Å². The van der Waals surface area contributed by atoms with Crippen molar-refractivity contribution in [2.24, 2.45) is 0 Å². The minimum Gasteiger partial charge on any atom is -0.341 e. The van der Waals surface area contributed by atoms with Crippen LogP contribution in [0.15, 0.2) is 29.4 Å². The topological polar surface area (TPSA) is 54.3 Å². The Morgan fingerprint density at radius 2 is 1.93 bits per heavy atom. The van der Waals surface area contributed by atoms with Crippen LogP contribution in [0.1, 0.15) is 37.3 Å². The Morgan fingerprint density at radius 1 is 1.22 bits per heavy atom. The number of nitrogens with zero attached hydrogens (tertiary/aromatic N) is 5. The van der Waals surface area contributed by atoms with Crippen molar-refractivity contribution in [3.8, 4) is 0 Å². The molecule has 1 aromatic carbocycles. The van der Waals surface area contributed by atoms with E-state index >= 15 is 0 Å². The van der Waals surface area contributed by atoms with Gasteiger partial charge in [0.05, 0.1) is 5.75 Å². The molecule has 1 amide bonds. The maximum Gasteiger partial charge on any atom is 0.233 e.